The number of amides is 2. The van der Waals surface area contributed by atoms with Crippen LogP contribution in [-0.4, -0.2) is 22.8 Å². The number of aromatic nitrogens is 1. The van der Waals surface area contributed by atoms with Gasteiger partial charge in [0.2, 0.25) is 5.91 Å². The maximum atomic E-state index is 12.5. The zero-order valence-electron chi connectivity index (χ0n) is 13.4. The third-order valence-electron chi connectivity index (χ3n) is 3.52. The molecular weight excluding hydrogens is 294 g/mol. The molecule has 0 saturated carbocycles. The summed E-state index contributed by atoms with van der Waals surface area (Å²) in [6.07, 6.45) is 4.80. The van der Waals surface area contributed by atoms with Crippen LogP contribution in [0, 0.1) is 5.92 Å². The van der Waals surface area contributed by atoms with E-state index in [0.29, 0.717) is 0 Å². The third-order valence-corrected chi connectivity index (χ3v) is 3.52. The van der Waals surface area contributed by atoms with E-state index in [9.17, 15) is 9.59 Å². The molecule has 0 radical (unpaired) electrons. The van der Waals surface area contributed by atoms with E-state index in [0.717, 1.165) is 5.56 Å². The van der Waals surface area contributed by atoms with Crippen LogP contribution in [0.1, 0.15) is 42.9 Å². The van der Waals surface area contributed by atoms with Crippen LogP contribution in [0.2, 0.25) is 0 Å². The van der Waals surface area contributed by atoms with Crippen molar-refractivity contribution in [2.45, 2.75) is 32.9 Å². The lowest BCUT2D eigenvalue weighted by Gasteiger charge is -2.23. The van der Waals surface area contributed by atoms with Gasteiger partial charge in [0.25, 0.3) is 5.91 Å². The molecule has 0 saturated heterocycles. The summed E-state index contributed by atoms with van der Waals surface area (Å²) in [5.74, 6) is -0.520. The van der Waals surface area contributed by atoms with Gasteiger partial charge in [-0.15, -0.1) is 0 Å². The van der Waals surface area contributed by atoms with Crippen molar-refractivity contribution in [3.8, 4) is 0 Å². The zero-order valence-corrected chi connectivity index (χ0v) is 13.4. The first-order valence-electron chi connectivity index (χ1n) is 7.53. The Hall–Kier alpha value is -2.63. The molecule has 0 spiro atoms. The molecule has 6 heteroatoms. The van der Waals surface area contributed by atoms with Gasteiger partial charge >= 0.3 is 0 Å². The van der Waals surface area contributed by atoms with Gasteiger partial charge in [-0.25, -0.2) is 0 Å². The molecule has 0 aliphatic carbocycles. The summed E-state index contributed by atoms with van der Waals surface area (Å²) in [5.41, 5.74) is 0.903. The molecular formula is C17H21N3O3. The maximum Gasteiger partial charge on any atom is 0.287 e. The quantitative estimate of drug-likeness (QED) is 0.856. The molecule has 0 aliphatic heterocycles. The first kappa shape index (κ1) is 16.7. The summed E-state index contributed by atoms with van der Waals surface area (Å²) in [6.45, 7) is 5.63. The molecule has 2 rings (SSSR count). The molecule has 2 amide bonds. The first-order valence-corrected chi connectivity index (χ1v) is 7.53. The van der Waals surface area contributed by atoms with Crippen molar-refractivity contribution in [2.24, 2.45) is 5.92 Å². The number of carbonyl (C=O) groups excluding carboxylic acids is 2. The summed E-state index contributed by atoms with van der Waals surface area (Å²) >= 11 is 0. The minimum Gasteiger partial charge on any atom is -0.459 e. The van der Waals surface area contributed by atoms with Crippen molar-refractivity contribution in [2.75, 3.05) is 0 Å². The van der Waals surface area contributed by atoms with Crippen molar-refractivity contribution < 1.29 is 14.0 Å². The zero-order chi connectivity index (χ0) is 16.8. The van der Waals surface area contributed by atoms with E-state index in [4.69, 9.17) is 4.42 Å². The highest BCUT2D eigenvalue weighted by Gasteiger charge is 2.26. The fraction of sp³-hybridized carbons (Fsp3) is 0.353. The summed E-state index contributed by atoms with van der Waals surface area (Å²) in [7, 11) is 0. The third kappa shape index (κ3) is 4.42. The van der Waals surface area contributed by atoms with Crippen LogP contribution in [0.25, 0.3) is 0 Å². The molecule has 23 heavy (non-hydrogen) atoms. The van der Waals surface area contributed by atoms with Crippen LogP contribution in [0.15, 0.2) is 47.3 Å². The lowest BCUT2D eigenvalue weighted by molar-refractivity contribution is -0.124. The van der Waals surface area contributed by atoms with Crippen molar-refractivity contribution in [1.29, 1.82) is 0 Å². The second-order valence-corrected chi connectivity index (χ2v) is 5.69. The molecule has 2 aromatic rings. The number of carbonyl (C=O) groups is 2. The Kier molecular flexibility index (Phi) is 5.51. The Morgan fingerprint density at radius 3 is 2.48 bits per heavy atom. The highest BCUT2D eigenvalue weighted by Crippen LogP contribution is 2.12. The molecule has 6 nitrogen and oxygen atoms in total. The van der Waals surface area contributed by atoms with Crippen molar-refractivity contribution in [3.63, 3.8) is 0 Å². The van der Waals surface area contributed by atoms with Crippen LogP contribution >= 0.6 is 0 Å². The predicted molar refractivity (Wildman–Crippen MR) is 85.6 cm³/mol. The summed E-state index contributed by atoms with van der Waals surface area (Å²) in [4.78, 5) is 28.6. The fourth-order valence-electron chi connectivity index (χ4n) is 2.17. The number of furan rings is 1. The van der Waals surface area contributed by atoms with E-state index in [1.807, 2.05) is 32.9 Å². The summed E-state index contributed by atoms with van der Waals surface area (Å²) in [5, 5.41) is 5.62. The van der Waals surface area contributed by atoms with Crippen molar-refractivity contribution in [1.82, 2.24) is 15.6 Å². The number of nitrogens with zero attached hydrogens (tertiary/aromatic N) is 1. The van der Waals surface area contributed by atoms with Gasteiger partial charge in [-0.2, -0.15) is 0 Å². The second-order valence-electron chi connectivity index (χ2n) is 5.69. The van der Waals surface area contributed by atoms with Gasteiger partial charge in [0.15, 0.2) is 5.76 Å². The standard InChI is InChI=1S/C17H21N3O3/c1-11(2)15(20-16(21)14-7-5-9-23-14)17(22)19-12(3)13-6-4-8-18-10-13/h4-12,15H,1-3H3,(H,19,22)(H,20,21). The van der Waals surface area contributed by atoms with Crippen LogP contribution in [0.3, 0.4) is 0 Å². The Balaban J connectivity index is 2.02. The normalized spacial score (nSPS) is 13.4. The molecule has 0 aromatic carbocycles. The first-order chi connectivity index (χ1) is 11.0. The number of hydrogen-bond donors (Lipinski definition) is 2. The lowest BCUT2D eigenvalue weighted by Crippen LogP contribution is -2.50. The number of pyridine rings is 1. The van der Waals surface area contributed by atoms with Gasteiger partial charge in [-0.3, -0.25) is 14.6 Å². The summed E-state index contributed by atoms with van der Waals surface area (Å²) < 4.78 is 5.05. The monoisotopic (exact) mass is 315 g/mol. The van der Waals surface area contributed by atoms with E-state index in [2.05, 4.69) is 15.6 Å². The highest BCUT2D eigenvalue weighted by molar-refractivity contribution is 5.95. The smallest absolute Gasteiger partial charge is 0.287 e. The Morgan fingerprint density at radius 2 is 1.91 bits per heavy atom. The Morgan fingerprint density at radius 1 is 1.13 bits per heavy atom. The van der Waals surface area contributed by atoms with Crippen LogP contribution < -0.4 is 10.6 Å². The van der Waals surface area contributed by atoms with Gasteiger partial charge < -0.3 is 15.1 Å². The van der Waals surface area contributed by atoms with Gasteiger partial charge in [0.05, 0.1) is 12.3 Å². The fourth-order valence-corrected chi connectivity index (χ4v) is 2.17. The van der Waals surface area contributed by atoms with Crippen molar-refractivity contribution in [3.05, 3.63) is 54.2 Å². The Bertz CT molecular complexity index is 638. The number of hydrogen-bond acceptors (Lipinski definition) is 4. The number of nitrogens with one attached hydrogen (secondary N) is 2. The molecule has 2 unspecified atom stereocenters. The largest absolute Gasteiger partial charge is 0.459 e. The van der Waals surface area contributed by atoms with E-state index in [1.165, 1.54) is 6.26 Å². The van der Waals surface area contributed by atoms with Gasteiger partial charge in [-0.05, 0) is 36.6 Å². The average Bonchev–Trinajstić information content (AvgIpc) is 3.07. The second kappa shape index (κ2) is 7.58. The van der Waals surface area contributed by atoms with Gasteiger partial charge in [0, 0.05) is 12.4 Å². The van der Waals surface area contributed by atoms with Gasteiger partial charge in [-0.1, -0.05) is 19.9 Å². The number of rotatable bonds is 6. The molecule has 122 valence electrons. The van der Waals surface area contributed by atoms with Crippen LogP contribution in [0.5, 0.6) is 0 Å². The van der Waals surface area contributed by atoms with Gasteiger partial charge in [0.1, 0.15) is 6.04 Å². The molecule has 2 aromatic heterocycles. The highest BCUT2D eigenvalue weighted by atomic mass is 16.3. The maximum absolute atomic E-state index is 12.5. The molecule has 2 atom stereocenters. The topological polar surface area (TPSA) is 84.2 Å². The van der Waals surface area contributed by atoms with Crippen LogP contribution in [-0.2, 0) is 4.79 Å². The average molecular weight is 315 g/mol. The van der Waals surface area contributed by atoms with Crippen molar-refractivity contribution >= 4 is 11.8 Å². The molecule has 2 heterocycles. The van der Waals surface area contributed by atoms with E-state index >= 15 is 0 Å². The molecule has 0 fully saturated rings. The molecule has 2 N–H and O–H groups in total. The van der Waals surface area contributed by atoms with E-state index in [-0.39, 0.29) is 23.6 Å². The summed E-state index contributed by atoms with van der Waals surface area (Å²) in [6, 6.07) is 6.05. The lowest BCUT2D eigenvalue weighted by atomic mass is 10.0. The van der Waals surface area contributed by atoms with Crippen LogP contribution in [0.4, 0.5) is 0 Å². The predicted octanol–water partition coefficient (Wildman–Crippen LogP) is 2.31. The van der Waals surface area contributed by atoms with E-state index in [1.54, 1.807) is 24.5 Å². The molecule has 0 aliphatic rings. The SMILES string of the molecule is CC(NC(=O)C(NC(=O)c1ccco1)C(C)C)c1cccnc1. The minimum absolute atomic E-state index is 0.0602. The molecule has 0 bridgehead atoms. The minimum atomic E-state index is -0.647. The Labute approximate surface area is 135 Å². The van der Waals surface area contributed by atoms with E-state index < -0.39 is 11.9 Å².